The highest BCUT2D eigenvalue weighted by atomic mass is 16.5. The second-order valence-electron chi connectivity index (χ2n) is 4.36. The van der Waals surface area contributed by atoms with Crippen molar-refractivity contribution in [3.63, 3.8) is 0 Å². The fraction of sp³-hybridized carbons (Fsp3) is 0.700. The number of carbonyl (C=O) groups is 1. The van der Waals surface area contributed by atoms with Crippen LogP contribution in [0, 0.1) is 0 Å². The molecule has 0 fully saturated rings. The average molecular weight is 211 g/mol. The van der Waals surface area contributed by atoms with Gasteiger partial charge in [-0.2, -0.15) is 0 Å². The number of aromatic nitrogens is 3. The molecule has 5 nitrogen and oxygen atoms in total. The van der Waals surface area contributed by atoms with Gasteiger partial charge in [-0.3, -0.25) is 4.79 Å². The quantitative estimate of drug-likeness (QED) is 0.703. The maximum atomic E-state index is 11.2. The molecule has 0 spiro atoms. The SMILES string of the molecule is CCOC(=O)Cn1cc(C(C)(C)C)nn1. The Hall–Kier alpha value is -1.39. The lowest BCUT2D eigenvalue weighted by Gasteiger charge is -2.12. The second kappa shape index (κ2) is 4.42. The summed E-state index contributed by atoms with van der Waals surface area (Å²) in [5.41, 5.74) is 0.819. The zero-order valence-corrected chi connectivity index (χ0v) is 9.65. The first-order chi connectivity index (χ1) is 6.93. The highest BCUT2D eigenvalue weighted by Gasteiger charge is 2.18. The molecule has 0 aromatic carbocycles. The van der Waals surface area contributed by atoms with Gasteiger partial charge in [-0.25, -0.2) is 4.68 Å². The van der Waals surface area contributed by atoms with Crippen LogP contribution < -0.4 is 0 Å². The van der Waals surface area contributed by atoms with Crippen LogP contribution in [-0.2, 0) is 21.5 Å². The number of hydrogen-bond donors (Lipinski definition) is 0. The molecule has 5 heteroatoms. The first-order valence-electron chi connectivity index (χ1n) is 4.99. The third-order valence-electron chi connectivity index (χ3n) is 1.90. The summed E-state index contributed by atoms with van der Waals surface area (Å²) in [5, 5.41) is 7.88. The average Bonchev–Trinajstić information content (AvgIpc) is 2.52. The van der Waals surface area contributed by atoms with Gasteiger partial charge in [0.2, 0.25) is 0 Å². The molecule has 1 aromatic heterocycles. The Kier molecular flexibility index (Phi) is 3.44. The van der Waals surface area contributed by atoms with E-state index in [4.69, 9.17) is 4.74 Å². The third-order valence-corrected chi connectivity index (χ3v) is 1.90. The number of esters is 1. The number of carbonyl (C=O) groups excluding carboxylic acids is 1. The molecular weight excluding hydrogens is 194 g/mol. The molecular formula is C10H17N3O2. The van der Waals surface area contributed by atoms with Crippen LogP contribution in [0.15, 0.2) is 6.20 Å². The van der Waals surface area contributed by atoms with Crippen molar-refractivity contribution >= 4 is 5.97 Å². The Morgan fingerprint density at radius 1 is 1.53 bits per heavy atom. The van der Waals surface area contributed by atoms with E-state index in [1.807, 2.05) is 20.8 Å². The lowest BCUT2D eigenvalue weighted by molar-refractivity contribution is -0.144. The van der Waals surface area contributed by atoms with Crippen molar-refractivity contribution in [2.75, 3.05) is 6.61 Å². The summed E-state index contributed by atoms with van der Waals surface area (Å²) in [6.45, 7) is 8.43. The number of nitrogens with zero attached hydrogens (tertiary/aromatic N) is 3. The van der Waals surface area contributed by atoms with Gasteiger partial charge in [0.1, 0.15) is 6.54 Å². The molecule has 0 aliphatic heterocycles. The Morgan fingerprint density at radius 2 is 2.20 bits per heavy atom. The maximum absolute atomic E-state index is 11.2. The summed E-state index contributed by atoms with van der Waals surface area (Å²) in [4.78, 5) is 11.2. The molecule has 15 heavy (non-hydrogen) atoms. The summed E-state index contributed by atoms with van der Waals surface area (Å²) in [5.74, 6) is -0.289. The first-order valence-corrected chi connectivity index (χ1v) is 4.99. The van der Waals surface area contributed by atoms with E-state index in [2.05, 4.69) is 10.3 Å². The highest BCUT2D eigenvalue weighted by Crippen LogP contribution is 2.18. The molecule has 0 amide bonds. The number of ether oxygens (including phenoxy) is 1. The molecule has 1 aromatic rings. The van der Waals surface area contributed by atoms with Gasteiger partial charge in [0.05, 0.1) is 12.3 Å². The van der Waals surface area contributed by atoms with Gasteiger partial charge in [-0.15, -0.1) is 5.10 Å². The van der Waals surface area contributed by atoms with Crippen molar-refractivity contribution in [2.24, 2.45) is 0 Å². The van der Waals surface area contributed by atoms with Crippen molar-refractivity contribution in [2.45, 2.75) is 39.7 Å². The van der Waals surface area contributed by atoms with E-state index in [0.29, 0.717) is 6.61 Å². The van der Waals surface area contributed by atoms with Crippen LogP contribution in [0.4, 0.5) is 0 Å². The summed E-state index contributed by atoms with van der Waals surface area (Å²) >= 11 is 0. The molecule has 84 valence electrons. The third kappa shape index (κ3) is 3.34. The van der Waals surface area contributed by atoms with E-state index in [-0.39, 0.29) is 17.9 Å². The van der Waals surface area contributed by atoms with Gasteiger partial charge in [-0.05, 0) is 6.92 Å². The molecule has 1 heterocycles. The van der Waals surface area contributed by atoms with Gasteiger partial charge in [0.25, 0.3) is 0 Å². The van der Waals surface area contributed by atoms with Gasteiger partial charge < -0.3 is 4.74 Å². The van der Waals surface area contributed by atoms with E-state index in [1.54, 1.807) is 13.1 Å². The monoisotopic (exact) mass is 211 g/mol. The van der Waals surface area contributed by atoms with Crippen LogP contribution in [0.5, 0.6) is 0 Å². The molecule has 0 saturated heterocycles. The zero-order valence-electron chi connectivity index (χ0n) is 9.65. The van der Waals surface area contributed by atoms with E-state index >= 15 is 0 Å². The Morgan fingerprint density at radius 3 is 2.67 bits per heavy atom. The van der Waals surface area contributed by atoms with Crippen LogP contribution >= 0.6 is 0 Å². The van der Waals surface area contributed by atoms with Crippen LogP contribution in [0.25, 0.3) is 0 Å². The van der Waals surface area contributed by atoms with Crippen molar-refractivity contribution in [3.05, 3.63) is 11.9 Å². The largest absolute Gasteiger partial charge is 0.465 e. The van der Waals surface area contributed by atoms with Crippen molar-refractivity contribution in [1.29, 1.82) is 0 Å². The standard InChI is InChI=1S/C10H17N3O2/c1-5-15-9(14)7-13-6-8(11-12-13)10(2,3)4/h6H,5,7H2,1-4H3. The number of rotatable bonds is 3. The summed E-state index contributed by atoms with van der Waals surface area (Å²) < 4.78 is 6.31. The Balaban J connectivity index is 2.65. The van der Waals surface area contributed by atoms with Gasteiger partial charge in [0.15, 0.2) is 0 Å². The van der Waals surface area contributed by atoms with Gasteiger partial charge in [-0.1, -0.05) is 26.0 Å². The van der Waals surface area contributed by atoms with Crippen molar-refractivity contribution in [3.8, 4) is 0 Å². The van der Waals surface area contributed by atoms with E-state index in [9.17, 15) is 4.79 Å². The van der Waals surface area contributed by atoms with Gasteiger partial charge in [0, 0.05) is 11.6 Å². The van der Waals surface area contributed by atoms with Crippen LogP contribution in [-0.4, -0.2) is 27.6 Å². The minimum Gasteiger partial charge on any atom is -0.465 e. The van der Waals surface area contributed by atoms with E-state index in [0.717, 1.165) is 5.69 Å². The summed E-state index contributed by atoms with van der Waals surface area (Å²) in [6.07, 6.45) is 1.77. The molecule has 0 saturated carbocycles. The highest BCUT2D eigenvalue weighted by molar-refractivity contribution is 5.68. The summed E-state index contributed by atoms with van der Waals surface area (Å²) in [7, 11) is 0. The molecule has 0 atom stereocenters. The maximum Gasteiger partial charge on any atom is 0.327 e. The lowest BCUT2D eigenvalue weighted by atomic mass is 9.93. The normalized spacial score (nSPS) is 11.5. The fourth-order valence-corrected chi connectivity index (χ4v) is 1.06. The van der Waals surface area contributed by atoms with Crippen LogP contribution in [0.3, 0.4) is 0 Å². The first kappa shape index (κ1) is 11.7. The predicted molar refractivity (Wildman–Crippen MR) is 55.4 cm³/mol. The molecule has 0 N–H and O–H groups in total. The van der Waals surface area contributed by atoms with Gasteiger partial charge >= 0.3 is 5.97 Å². The van der Waals surface area contributed by atoms with Crippen LogP contribution in [0.1, 0.15) is 33.4 Å². The minimum absolute atomic E-state index is 0.0487. The topological polar surface area (TPSA) is 57.0 Å². The molecule has 0 aliphatic rings. The number of hydrogen-bond acceptors (Lipinski definition) is 4. The lowest BCUT2D eigenvalue weighted by Crippen LogP contribution is -2.14. The van der Waals surface area contributed by atoms with Crippen molar-refractivity contribution < 1.29 is 9.53 Å². The summed E-state index contributed by atoms with van der Waals surface area (Å²) in [6, 6.07) is 0. The predicted octanol–water partition coefficient (Wildman–Crippen LogP) is 1.14. The van der Waals surface area contributed by atoms with E-state index in [1.165, 1.54) is 4.68 Å². The minimum atomic E-state index is -0.289. The molecule has 1 rings (SSSR count). The fourth-order valence-electron chi connectivity index (χ4n) is 1.06. The molecule has 0 unspecified atom stereocenters. The van der Waals surface area contributed by atoms with Crippen LogP contribution in [0.2, 0.25) is 0 Å². The van der Waals surface area contributed by atoms with E-state index < -0.39 is 0 Å². The zero-order chi connectivity index (χ0) is 11.5. The second-order valence-corrected chi connectivity index (χ2v) is 4.36. The Labute approximate surface area is 89.4 Å². The van der Waals surface area contributed by atoms with Crippen molar-refractivity contribution in [1.82, 2.24) is 15.0 Å². The molecule has 0 bridgehead atoms. The smallest absolute Gasteiger partial charge is 0.327 e. The molecule has 0 radical (unpaired) electrons. The molecule has 0 aliphatic carbocycles. The Bertz CT molecular complexity index is 339.